The van der Waals surface area contributed by atoms with Crippen LogP contribution in [0.3, 0.4) is 0 Å². The lowest BCUT2D eigenvalue weighted by Gasteiger charge is -2.46. The first-order valence-electron chi connectivity index (χ1n) is 12.6. The first-order chi connectivity index (χ1) is 17.3. The van der Waals surface area contributed by atoms with E-state index in [-0.39, 0.29) is 58.9 Å². The molecule has 0 aliphatic carbocycles. The standard InChI is InChI=1S/C27H35ClFN3O4Si/c1-17-16-35-25-22(32(17)23(33)13-28)12-19(11-18-7-9-20(29)10-8-18)24(30-25)26(34)31-14-21(15-31)36-37(5,6)27(2,3)4/h7-10,12,17,21H,11,13-16H2,1-6H3. The summed E-state index contributed by atoms with van der Waals surface area (Å²) in [7, 11) is -1.95. The Morgan fingerprint density at radius 3 is 2.46 bits per heavy atom. The van der Waals surface area contributed by atoms with E-state index in [1.807, 2.05) is 6.92 Å². The van der Waals surface area contributed by atoms with E-state index in [2.05, 4.69) is 38.8 Å². The number of hydrogen-bond donors (Lipinski definition) is 0. The Bertz CT molecular complexity index is 1180. The van der Waals surface area contributed by atoms with Gasteiger partial charge in [-0.3, -0.25) is 9.59 Å². The van der Waals surface area contributed by atoms with Crippen LogP contribution >= 0.6 is 11.6 Å². The second-order valence-corrected chi connectivity index (χ2v) is 16.4. The second kappa shape index (κ2) is 10.3. The molecule has 0 saturated carbocycles. The fraction of sp³-hybridized carbons (Fsp3) is 0.519. The Labute approximate surface area is 224 Å². The van der Waals surface area contributed by atoms with E-state index in [1.165, 1.54) is 12.1 Å². The largest absolute Gasteiger partial charge is 0.474 e. The van der Waals surface area contributed by atoms with E-state index in [1.54, 1.807) is 28.0 Å². The number of pyridine rings is 1. The summed E-state index contributed by atoms with van der Waals surface area (Å²) in [4.78, 5) is 34.2. The van der Waals surface area contributed by atoms with Crippen molar-refractivity contribution in [1.82, 2.24) is 9.88 Å². The highest BCUT2D eigenvalue weighted by Gasteiger charge is 2.43. The molecule has 1 fully saturated rings. The third-order valence-corrected chi connectivity index (χ3v) is 12.3. The molecule has 1 aromatic carbocycles. The van der Waals surface area contributed by atoms with E-state index < -0.39 is 8.32 Å². The van der Waals surface area contributed by atoms with Crippen molar-refractivity contribution in [3.63, 3.8) is 0 Å². The van der Waals surface area contributed by atoms with Crippen molar-refractivity contribution in [3.05, 3.63) is 53.0 Å². The molecule has 0 radical (unpaired) electrons. The Kier molecular flexibility index (Phi) is 7.70. The van der Waals surface area contributed by atoms with Crippen molar-refractivity contribution in [1.29, 1.82) is 0 Å². The van der Waals surface area contributed by atoms with Crippen LogP contribution in [-0.2, 0) is 15.6 Å². The summed E-state index contributed by atoms with van der Waals surface area (Å²) in [5, 5.41) is 0.0839. The van der Waals surface area contributed by atoms with Crippen molar-refractivity contribution in [2.24, 2.45) is 0 Å². The summed E-state index contributed by atoms with van der Waals surface area (Å²) >= 11 is 5.88. The summed E-state index contributed by atoms with van der Waals surface area (Å²) in [6.45, 7) is 14.1. The van der Waals surface area contributed by atoms with Crippen molar-refractivity contribution in [2.75, 3.05) is 30.5 Å². The molecule has 7 nitrogen and oxygen atoms in total. The molecule has 0 bridgehead atoms. The second-order valence-electron chi connectivity index (χ2n) is 11.4. The summed E-state index contributed by atoms with van der Waals surface area (Å²) < 4.78 is 25.8. The minimum absolute atomic E-state index is 0.00282. The Balaban J connectivity index is 1.64. The first-order valence-corrected chi connectivity index (χ1v) is 16.0. The van der Waals surface area contributed by atoms with Crippen molar-refractivity contribution in [2.45, 2.75) is 64.4 Å². The average Bonchev–Trinajstić information content (AvgIpc) is 2.80. The molecule has 0 N–H and O–H groups in total. The number of amides is 2. The van der Waals surface area contributed by atoms with Crippen molar-refractivity contribution in [3.8, 4) is 5.88 Å². The number of ether oxygens (including phenoxy) is 1. The van der Waals surface area contributed by atoms with E-state index in [9.17, 15) is 14.0 Å². The number of rotatable bonds is 6. The number of hydrogen-bond acceptors (Lipinski definition) is 5. The van der Waals surface area contributed by atoms with Crippen LogP contribution in [0.15, 0.2) is 30.3 Å². The van der Waals surface area contributed by atoms with Crippen LogP contribution in [0.1, 0.15) is 49.3 Å². The third-order valence-electron chi connectivity index (χ3n) is 7.51. The molecule has 10 heteroatoms. The zero-order valence-corrected chi connectivity index (χ0v) is 24.1. The lowest BCUT2D eigenvalue weighted by Crippen LogP contribution is -2.59. The fourth-order valence-corrected chi connectivity index (χ4v) is 5.79. The third kappa shape index (κ3) is 5.68. The molecule has 2 aromatic rings. The van der Waals surface area contributed by atoms with E-state index in [0.29, 0.717) is 30.8 Å². The van der Waals surface area contributed by atoms with Gasteiger partial charge in [0, 0.05) is 13.1 Å². The minimum atomic E-state index is -1.95. The Morgan fingerprint density at radius 1 is 1.22 bits per heavy atom. The monoisotopic (exact) mass is 547 g/mol. The molecule has 2 aliphatic rings. The lowest BCUT2D eigenvalue weighted by atomic mass is 10.00. The number of carbonyl (C=O) groups is 2. The molecular weight excluding hydrogens is 513 g/mol. The molecule has 1 atom stereocenters. The average molecular weight is 548 g/mol. The fourth-order valence-electron chi connectivity index (χ4n) is 4.32. The number of halogens is 2. The number of anilines is 1. The summed E-state index contributed by atoms with van der Waals surface area (Å²) in [6, 6.07) is 7.67. The number of carbonyl (C=O) groups excluding carboxylic acids is 2. The molecule has 4 rings (SSSR count). The predicted molar refractivity (Wildman–Crippen MR) is 145 cm³/mol. The summed E-state index contributed by atoms with van der Waals surface area (Å²) in [5.41, 5.74) is 2.21. The van der Waals surface area contributed by atoms with Gasteiger partial charge in [-0.1, -0.05) is 32.9 Å². The van der Waals surface area contributed by atoms with Crippen LogP contribution in [-0.4, -0.2) is 67.7 Å². The molecular formula is C27H35ClFN3O4Si. The van der Waals surface area contributed by atoms with Crippen LogP contribution in [0.5, 0.6) is 5.88 Å². The molecule has 200 valence electrons. The first kappa shape index (κ1) is 27.5. The Hall–Kier alpha value is -2.49. The van der Waals surface area contributed by atoms with Crippen molar-refractivity contribution < 1.29 is 23.1 Å². The van der Waals surface area contributed by atoms with Gasteiger partial charge in [0.25, 0.3) is 5.91 Å². The highest BCUT2D eigenvalue weighted by atomic mass is 35.5. The smallest absolute Gasteiger partial charge is 0.273 e. The number of benzene rings is 1. The van der Waals surface area contributed by atoms with Gasteiger partial charge < -0.3 is 19.0 Å². The van der Waals surface area contributed by atoms with Gasteiger partial charge in [0.1, 0.15) is 29.7 Å². The number of fused-ring (bicyclic) bond motifs is 1. The van der Waals surface area contributed by atoms with E-state index >= 15 is 0 Å². The van der Waals surface area contributed by atoms with Crippen LogP contribution in [0, 0.1) is 5.82 Å². The summed E-state index contributed by atoms with van der Waals surface area (Å²) in [5.74, 6) is -0.759. The molecule has 1 saturated heterocycles. The molecule has 1 aromatic heterocycles. The lowest BCUT2D eigenvalue weighted by molar-refractivity contribution is -0.117. The topological polar surface area (TPSA) is 72.0 Å². The number of aromatic nitrogens is 1. The van der Waals surface area contributed by atoms with Gasteiger partial charge in [-0.15, -0.1) is 11.6 Å². The zero-order valence-electron chi connectivity index (χ0n) is 22.3. The maximum absolute atomic E-state index is 13.6. The van der Waals surface area contributed by atoms with Crippen LogP contribution in [0.25, 0.3) is 0 Å². The van der Waals surface area contributed by atoms with Gasteiger partial charge >= 0.3 is 0 Å². The molecule has 3 heterocycles. The number of alkyl halides is 1. The maximum Gasteiger partial charge on any atom is 0.273 e. The maximum atomic E-state index is 13.6. The SMILES string of the molecule is CC1COc2nc(C(=O)N3CC(O[Si](C)(C)C(C)(C)C)C3)c(Cc3ccc(F)cc3)cc2N1C(=O)CCl. The zero-order chi connectivity index (χ0) is 27.1. The van der Waals surface area contributed by atoms with Crippen LogP contribution in [0.4, 0.5) is 10.1 Å². The van der Waals surface area contributed by atoms with Crippen LogP contribution < -0.4 is 9.64 Å². The molecule has 1 unspecified atom stereocenters. The van der Waals surface area contributed by atoms with Crippen LogP contribution in [0.2, 0.25) is 18.1 Å². The van der Waals surface area contributed by atoms with Gasteiger partial charge in [-0.2, -0.15) is 0 Å². The van der Waals surface area contributed by atoms with Gasteiger partial charge in [0.05, 0.1) is 12.1 Å². The molecule has 0 spiro atoms. The highest BCUT2D eigenvalue weighted by Crippen LogP contribution is 2.39. The molecule has 37 heavy (non-hydrogen) atoms. The van der Waals surface area contributed by atoms with Crippen molar-refractivity contribution >= 4 is 37.4 Å². The normalized spacial score (nSPS) is 18.2. The van der Waals surface area contributed by atoms with Gasteiger partial charge in [0.2, 0.25) is 11.8 Å². The molecule has 2 aliphatic heterocycles. The van der Waals surface area contributed by atoms with E-state index in [0.717, 1.165) is 5.56 Å². The number of likely N-dealkylation sites (tertiary alicyclic amines) is 1. The number of nitrogens with zero attached hydrogens (tertiary/aromatic N) is 3. The minimum Gasteiger partial charge on any atom is -0.474 e. The van der Waals surface area contributed by atoms with Gasteiger partial charge in [0.15, 0.2) is 8.32 Å². The quantitative estimate of drug-likeness (QED) is 0.375. The van der Waals surface area contributed by atoms with Gasteiger partial charge in [-0.05, 0) is 60.8 Å². The van der Waals surface area contributed by atoms with E-state index in [4.69, 9.17) is 20.8 Å². The Morgan fingerprint density at radius 2 is 1.86 bits per heavy atom. The molecule has 2 amide bonds. The highest BCUT2D eigenvalue weighted by molar-refractivity contribution is 6.74. The predicted octanol–water partition coefficient (Wildman–Crippen LogP) is 5.01. The summed E-state index contributed by atoms with van der Waals surface area (Å²) in [6.07, 6.45) is 0.341. The van der Waals surface area contributed by atoms with Gasteiger partial charge in [-0.25, -0.2) is 9.37 Å².